The summed E-state index contributed by atoms with van der Waals surface area (Å²) in [7, 11) is 2.16. The Balaban J connectivity index is 1.43. The summed E-state index contributed by atoms with van der Waals surface area (Å²) in [5, 5.41) is 18.4. The van der Waals surface area contributed by atoms with Crippen molar-refractivity contribution in [2.24, 2.45) is 0 Å². The summed E-state index contributed by atoms with van der Waals surface area (Å²) < 4.78 is 5.94. The standard InChI is InChI=1S/C20H17ClN4O4S/c1-24-7-6-12-16(9-24)30-20-17(12)19(26)22-18(23-20)15-5-4-14(29-15)11-3-2-10(25(27)28)8-13(11)21/h2-5,8,18,23H,6-7,9H2,1H3,(H,22,26)/p+1/t18-/m0/s1. The number of nitro groups is 1. The molecule has 2 aliphatic rings. The van der Waals surface area contributed by atoms with Crippen LogP contribution in [-0.2, 0) is 13.0 Å². The fraction of sp³-hybridized carbons (Fsp3) is 0.250. The number of likely N-dealkylation sites (N-methyl/N-ethyl adjacent to an activating group) is 1. The zero-order valence-electron chi connectivity index (χ0n) is 16.0. The second-order valence-corrected chi connectivity index (χ2v) is 9.03. The van der Waals surface area contributed by atoms with Crippen LogP contribution in [0.4, 0.5) is 10.7 Å². The number of nitrogens with one attached hydrogen (secondary N) is 3. The molecule has 10 heteroatoms. The number of quaternary nitrogens is 1. The van der Waals surface area contributed by atoms with Crippen LogP contribution < -0.4 is 15.5 Å². The molecule has 4 heterocycles. The second kappa shape index (κ2) is 7.12. The Labute approximate surface area is 180 Å². The largest absolute Gasteiger partial charge is 0.457 e. The highest BCUT2D eigenvalue weighted by Gasteiger charge is 2.34. The van der Waals surface area contributed by atoms with Gasteiger partial charge in [-0.15, -0.1) is 11.3 Å². The number of thiophene rings is 1. The fourth-order valence-electron chi connectivity index (χ4n) is 3.94. The Hall–Kier alpha value is -2.88. The molecule has 0 radical (unpaired) electrons. The topological polar surface area (TPSA) is 102 Å². The maximum Gasteiger partial charge on any atom is 0.270 e. The first-order chi connectivity index (χ1) is 14.4. The van der Waals surface area contributed by atoms with Gasteiger partial charge in [-0.3, -0.25) is 14.9 Å². The molecule has 0 saturated carbocycles. The van der Waals surface area contributed by atoms with Crippen LogP contribution in [-0.4, -0.2) is 24.4 Å². The first kappa shape index (κ1) is 19.1. The molecule has 0 saturated heterocycles. The van der Waals surface area contributed by atoms with Crippen LogP contribution in [0.5, 0.6) is 0 Å². The van der Waals surface area contributed by atoms with Crippen LogP contribution in [0, 0.1) is 10.1 Å². The molecule has 3 N–H and O–H groups in total. The van der Waals surface area contributed by atoms with E-state index in [0.717, 1.165) is 35.6 Å². The molecular formula is C20H18ClN4O4S+. The minimum atomic E-state index is -0.499. The summed E-state index contributed by atoms with van der Waals surface area (Å²) in [5.41, 5.74) is 2.37. The lowest BCUT2D eigenvalue weighted by Gasteiger charge is -2.25. The van der Waals surface area contributed by atoms with Gasteiger partial charge >= 0.3 is 0 Å². The van der Waals surface area contributed by atoms with E-state index >= 15 is 0 Å². The number of nitro benzene ring substituents is 1. The number of carbonyl (C=O) groups excluding carboxylic acids is 1. The number of non-ortho nitro benzene ring substituents is 1. The monoisotopic (exact) mass is 445 g/mol. The van der Waals surface area contributed by atoms with Crippen molar-refractivity contribution in [1.82, 2.24) is 5.32 Å². The highest BCUT2D eigenvalue weighted by molar-refractivity contribution is 7.16. The molecule has 1 unspecified atom stereocenters. The third-order valence-corrected chi connectivity index (χ3v) is 6.95. The third-order valence-electron chi connectivity index (χ3n) is 5.47. The SMILES string of the molecule is C[NH+]1CCc2c(sc3c2C(=O)N[C@H](c2ccc(-c4ccc([N+](=O)[O-])cc4Cl)o2)N3)C1. The number of rotatable bonds is 3. The molecule has 2 atom stereocenters. The number of halogens is 1. The number of hydrogen-bond donors (Lipinski definition) is 3. The molecule has 0 bridgehead atoms. The van der Waals surface area contributed by atoms with Gasteiger partial charge < -0.3 is 20.0 Å². The molecule has 0 spiro atoms. The van der Waals surface area contributed by atoms with Crippen LogP contribution >= 0.6 is 22.9 Å². The van der Waals surface area contributed by atoms with Crippen molar-refractivity contribution < 1.29 is 19.0 Å². The predicted octanol–water partition coefficient (Wildman–Crippen LogP) is 2.99. The van der Waals surface area contributed by atoms with Crippen LogP contribution in [0.15, 0.2) is 34.7 Å². The zero-order valence-corrected chi connectivity index (χ0v) is 17.5. The molecule has 0 aliphatic carbocycles. The first-order valence-corrected chi connectivity index (χ1v) is 10.7. The van der Waals surface area contributed by atoms with Gasteiger partial charge in [-0.25, -0.2) is 0 Å². The van der Waals surface area contributed by atoms with Crippen molar-refractivity contribution in [3.63, 3.8) is 0 Å². The molecule has 30 heavy (non-hydrogen) atoms. The van der Waals surface area contributed by atoms with Crippen molar-refractivity contribution in [3.8, 4) is 11.3 Å². The Morgan fingerprint density at radius 1 is 1.30 bits per heavy atom. The molecule has 8 nitrogen and oxygen atoms in total. The maximum absolute atomic E-state index is 12.8. The van der Waals surface area contributed by atoms with Crippen LogP contribution in [0.2, 0.25) is 5.02 Å². The van der Waals surface area contributed by atoms with Gasteiger partial charge in [0.25, 0.3) is 11.6 Å². The number of fused-ring (bicyclic) bond motifs is 3. The van der Waals surface area contributed by atoms with Gasteiger partial charge in [0.15, 0.2) is 6.17 Å². The highest BCUT2D eigenvalue weighted by atomic mass is 35.5. The zero-order chi connectivity index (χ0) is 21.0. The Morgan fingerprint density at radius 3 is 2.90 bits per heavy atom. The van der Waals surface area contributed by atoms with Crippen LogP contribution in [0.25, 0.3) is 11.3 Å². The van der Waals surface area contributed by atoms with E-state index < -0.39 is 11.1 Å². The van der Waals surface area contributed by atoms with E-state index in [9.17, 15) is 14.9 Å². The molecule has 2 aliphatic heterocycles. The van der Waals surface area contributed by atoms with Gasteiger partial charge in [-0.2, -0.15) is 0 Å². The molecule has 3 aromatic rings. The van der Waals surface area contributed by atoms with E-state index in [4.69, 9.17) is 16.0 Å². The molecule has 0 fully saturated rings. The smallest absolute Gasteiger partial charge is 0.270 e. The molecule has 1 aromatic carbocycles. The lowest BCUT2D eigenvalue weighted by molar-refractivity contribution is -0.895. The quantitative estimate of drug-likeness (QED) is 0.425. The van der Waals surface area contributed by atoms with E-state index in [0.29, 0.717) is 17.1 Å². The van der Waals surface area contributed by atoms with Gasteiger partial charge in [0.1, 0.15) is 23.1 Å². The average molecular weight is 446 g/mol. The summed E-state index contributed by atoms with van der Waals surface area (Å²) >= 11 is 7.85. The van der Waals surface area contributed by atoms with Crippen molar-refractivity contribution in [2.75, 3.05) is 18.9 Å². The minimum absolute atomic E-state index is 0.0848. The summed E-state index contributed by atoms with van der Waals surface area (Å²) in [6.07, 6.45) is 0.400. The molecule has 2 aromatic heterocycles. The Kier molecular flexibility index (Phi) is 4.53. The number of nitrogens with zero attached hydrogens (tertiary/aromatic N) is 1. The van der Waals surface area contributed by atoms with Gasteiger partial charge in [0.2, 0.25) is 0 Å². The summed E-state index contributed by atoms with van der Waals surface area (Å²) in [4.78, 5) is 25.9. The number of amides is 1. The van der Waals surface area contributed by atoms with Crippen molar-refractivity contribution in [3.05, 3.63) is 67.2 Å². The van der Waals surface area contributed by atoms with Crippen LogP contribution in [0.3, 0.4) is 0 Å². The predicted molar refractivity (Wildman–Crippen MR) is 113 cm³/mol. The van der Waals surface area contributed by atoms with Gasteiger partial charge in [-0.05, 0) is 23.8 Å². The molecule has 1 amide bonds. The van der Waals surface area contributed by atoms with Crippen molar-refractivity contribution in [1.29, 1.82) is 0 Å². The Morgan fingerprint density at radius 2 is 2.13 bits per heavy atom. The summed E-state index contributed by atoms with van der Waals surface area (Å²) in [5.74, 6) is 0.909. The Bertz CT molecular complexity index is 1190. The van der Waals surface area contributed by atoms with E-state index in [1.54, 1.807) is 29.5 Å². The van der Waals surface area contributed by atoms with Crippen molar-refractivity contribution in [2.45, 2.75) is 19.1 Å². The van der Waals surface area contributed by atoms with E-state index in [2.05, 4.69) is 17.7 Å². The highest BCUT2D eigenvalue weighted by Crippen LogP contribution is 2.40. The van der Waals surface area contributed by atoms with Crippen molar-refractivity contribution >= 4 is 39.5 Å². The lowest BCUT2D eigenvalue weighted by Crippen LogP contribution is -3.08. The second-order valence-electron chi connectivity index (χ2n) is 7.52. The molecule has 154 valence electrons. The third kappa shape index (κ3) is 3.15. The van der Waals surface area contributed by atoms with Gasteiger partial charge in [0.05, 0.1) is 34.0 Å². The van der Waals surface area contributed by atoms with Crippen LogP contribution in [0.1, 0.15) is 32.7 Å². The number of carbonyl (C=O) groups is 1. The van der Waals surface area contributed by atoms with E-state index in [1.807, 2.05) is 0 Å². The number of furan rings is 1. The fourth-order valence-corrected chi connectivity index (χ4v) is 5.60. The summed E-state index contributed by atoms with van der Waals surface area (Å²) in [6.45, 7) is 1.95. The number of hydrogen-bond acceptors (Lipinski definition) is 6. The van der Waals surface area contributed by atoms with E-state index in [-0.39, 0.29) is 16.6 Å². The summed E-state index contributed by atoms with van der Waals surface area (Å²) in [6, 6.07) is 7.73. The molecule has 5 rings (SSSR count). The average Bonchev–Trinajstić information content (AvgIpc) is 3.32. The van der Waals surface area contributed by atoms with E-state index in [1.165, 1.54) is 21.9 Å². The number of anilines is 1. The lowest BCUT2D eigenvalue weighted by atomic mass is 10.0. The molecular weight excluding hydrogens is 428 g/mol. The minimum Gasteiger partial charge on any atom is -0.457 e. The first-order valence-electron chi connectivity index (χ1n) is 9.48. The maximum atomic E-state index is 12.8. The normalized spacial score (nSPS) is 20.1. The number of benzene rings is 1. The van der Waals surface area contributed by atoms with Gasteiger partial charge in [0, 0.05) is 24.1 Å². The van der Waals surface area contributed by atoms with Gasteiger partial charge in [-0.1, -0.05) is 11.6 Å².